The van der Waals surface area contributed by atoms with Crippen LogP contribution in [0.3, 0.4) is 0 Å². The fourth-order valence-corrected chi connectivity index (χ4v) is 4.79. The molecule has 1 aliphatic rings. The maximum absolute atomic E-state index is 14.6. The van der Waals surface area contributed by atoms with Gasteiger partial charge in [-0.1, -0.05) is 81.8 Å². The first kappa shape index (κ1) is 24.9. The molecule has 0 saturated heterocycles. The van der Waals surface area contributed by atoms with Crippen molar-refractivity contribution in [2.75, 3.05) is 6.61 Å². The van der Waals surface area contributed by atoms with Gasteiger partial charge >= 0.3 is 0 Å². The number of hydrogen-bond donors (Lipinski definition) is 0. The molecule has 32 heavy (non-hydrogen) atoms. The van der Waals surface area contributed by atoms with Gasteiger partial charge in [-0.15, -0.1) is 0 Å². The molecule has 2 aromatic carbocycles. The van der Waals surface area contributed by atoms with Crippen LogP contribution in [0.2, 0.25) is 5.02 Å². The van der Waals surface area contributed by atoms with Crippen LogP contribution in [0.1, 0.15) is 95.1 Å². The maximum atomic E-state index is 14.6. The Labute approximate surface area is 198 Å². The molecule has 0 spiro atoms. The van der Waals surface area contributed by atoms with E-state index >= 15 is 0 Å². The number of rotatable bonds is 12. The van der Waals surface area contributed by atoms with Gasteiger partial charge in [0.1, 0.15) is 17.4 Å². The molecular formula is C28H38ClFO2. The lowest BCUT2D eigenvalue weighted by atomic mass is 9.77. The summed E-state index contributed by atoms with van der Waals surface area (Å²) in [6.45, 7) is 5.20. The molecule has 2 nitrogen and oxygen atoms in total. The summed E-state index contributed by atoms with van der Waals surface area (Å²) in [5.41, 5.74) is 2.45. The van der Waals surface area contributed by atoms with Crippen molar-refractivity contribution in [2.45, 2.75) is 90.6 Å². The molecule has 176 valence electrons. The molecule has 0 N–H and O–H groups in total. The quantitative estimate of drug-likeness (QED) is 0.294. The van der Waals surface area contributed by atoms with E-state index in [2.05, 4.69) is 38.1 Å². The summed E-state index contributed by atoms with van der Waals surface area (Å²) in [5, 5.41) is -0.0146. The lowest BCUT2D eigenvalue weighted by molar-refractivity contribution is 0.284. The highest BCUT2D eigenvalue weighted by molar-refractivity contribution is 6.32. The third kappa shape index (κ3) is 7.13. The van der Waals surface area contributed by atoms with Gasteiger partial charge in [0.25, 0.3) is 0 Å². The Morgan fingerprint density at radius 3 is 2.22 bits per heavy atom. The van der Waals surface area contributed by atoms with Crippen molar-refractivity contribution in [2.24, 2.45) is 5.92 Å². The predicted molar refractivity (Wildman–Crippen MR) is 131 cm³/mol. The zero-order chi connectivity index (χ0) is 22.8. The van der Waals surface area contributed by atoms with Gasteiger partial charge in [0.2, 0.25) is 0 Å². The van der Waals surface area contributed by atoms with Gasteiger partial charge in [-0.3, -0.25) is 0 Å². The second-order valence-electron chi connectivity index (χ2n) is 9.14. The first-order valence-electron chi connectivity index (χ1n) is 12.4. The zero-order valence-corrected chi connectivity index (χ0v) is 20.4. The molecule has 0 unspecified atom stereocenters. The minimum absolute atomic E-state index is 0.0146. The van der Waals surface area contributed by atoms with Crippen LogP contribution < -0.4 is 9.47 Å². The van der Waals surface area contributed by atoms with E-state index in [4.69, 9.17) is 21.1 Å². The first-order valence-corrected chi connectivity index (χ1v) is 12.8. The monoisotopic (exact) mass is 460 g/mol. The smallest absolute Gasteiger partial charge is 0.187 e. The summed E-state index contributed by atoms with van der Waals surface area (Å²) in [7, 11) is 0. The Balaban J connectivity index is 1.48. The molecule has 0 aliphatic heterocycles. The van der Waals surface area contributed by atoms with Gasteiger partial charge in [0.15, 0.2) is 11.6 Å². The van der Waals surface area contributed by atoms with Crippen LogP contribution >= 0.6 is 11.6 Å². The number of halogens is 2. The molecule has 0 atom stereocenters. The van der Waals surface area contributed by atoms with Crippen LogP contribution in [0.4, 0.5) is 4.39 Å². The highest BCUT2D eigenvalue weighted by atomic mass is 35.5. The number of unbranched alkanes of at least 4 members (excludes halogenated alkanes) is 3. The van der Waals surface area contributed by atoms with Gasteiger partial charge in [-0.2, -0.15) is 0 Å². The summed E-state index contributed by atoms with van der Waals surface area (Å²) in [4.78, 5) is 0. The summed E-state index contributed by atoms with van der Waals surface area (Å²) in [6, 6.07) is 11.9. The largest absolute Gasteiger partial charge is 0.492 e. The van der Waals surface area contributed by atoms with E-state index in [-0.39, 0.29) is 10.8 Å². The Morgan fingerprint density at radius 2 is 1.53 bits per heavy atom. The molecule has 4 heteroatoms. The van der Waals surface area contributed by atoms with Crippen molar-refractivity contribution in [3.05, 3.63) is 58.4 Å². The third-order valence-electron chi connectivity index (χ3n) is 6.68. The Kier molecular flexibility index (Phi) is 10.2. The topological polar surface area (TPSA) is 18.5 Å². The van der Waals surface area contributed by atoms with E-state index in [0.29, 0.717) is 24.9 Å². The lowest BCUT2D eigenvalue weighted by Gasteiger charge is -2.29. The fraction of sp³-hybridized carbons (Fsp3) is 0.571. The Hall–Kier alpha value is -1.74. The van der Waals surface area contributed by atoms with Gasteiger partial charge in [0, 0.05) is 0 Å². The second kappa shape index (κ2) is 13.1. The summed E-state index contributed by atoms with van der Waals surface area (Å²) in [6.07, 6.45) is 12.7. The summed E-state index contributed by atoms with van der Waals surface area (Å²) < 4.78 is 25.8. The van der Waals surface area contributed by atoms with Crippen molar-refractivity contribution in [1.82, 2.24) is 0 Å². The van der Waals surface area contributed by atoms with Crippen molar-refractivity contribution < 1.29 is 13.9 Å². The molecule has 3 rings (SSSR count). The summed E-state index contributed by atoms with van der Waals surface area (Å²) >= 11 is 6.13. The van der Waals surface area contributed by atoms with E-state index in [0.717, 1.165) is 24.3 Å². The highest BCUT2D eigenvalue weighted by Gasteiger charge is 2.22. The molecule has 0 amide bonds. The Bertz CT molecular complexity index is 813. The summed E-state index contributed by atoms with van der Waals surface area (Å²) in [5.74, 6) is 1.56. The van der Waals surface area contributed by atoms with Crippen molar-refractivity contribution in [3.63, 3.8) is 0 Å². The minimum atomic E-state index is -0.562. The van der Waals surface area contributed by atoms with E-state index in [1.54, 1.807) is 12.1 Å². The first-order chi connectivity index (χ1) is 15.6. The number of ether oxygens (including phenoxy) is 2. The van der Waals surface area contributed by atoms with Crippen LogP contribution in [-0.2, 0) is 6.61 Å². The van der Waals surface area contributed by atoms with Gasteiger partial charge in [-0.05, 0) is 67.2 Å². The standard InChI is InChI=1S/C28H38ClFO2/c1-3-5-7-8-21-9-13-23(14-10-21)24-15-11-22(12-16-24)20-32-26-18-17-25(27(29)28(26)30)31-19-6-4-2/h11-12,15-18,21,23H,3-10,13-14,19-20H2,1-2H3. The number of benzene rings is 2. The maximum Gasteiger partial charge on any atom is 0.187 e. The van der Waals surface area contributed by atoms with Gasteiger partial charge in [0.05, 0.1) is 6.61 Å². The molecule has 0 heterocycles. The average Bonchev–Trinajstić information content (AvgIpc) is 2.82. The van der Waals surface area contributed by atoms with Gasteiger partial charge in [-0.25, -0.2) is 4.39 Å². The SMILES string of the molecule is CCCCCC1CCC(c2ccc(COc3ccc(OCCCC)c(Cl)c3F)cc2)CC1. The molecule has 0 bridgehead atoms. The van der Waals surface area contributed by atoms with Crippen molar-refractivity contribution >= 4 is 11.6 Å². The number of hydrogen-bond acceptors (Lipinski definition) is 2. The molecule has 0 aromatic heterocycles. The zero-order valence-electron chi connectivity index (χ0n) is 19.7. The lowest BCUT2D eigenvalue weighted by Crippen LogP contribution is -2.13. The Morgan fingerprint density at radius 1 is 0.844 bits per heavy atom. The average molecular weight is 461 g/mol. The molecule has 1 fully saturated rings. The third-order valence-corrected chi connectivity index (χ3v) is 7.03. The van der Waals surface area contributed by atoms with E-state index in [1.807, 2.05) is 0 Å². The van der Waals surface area contributed by atoms with Crippen LogP contribution in [-0.4, -0.2) is 6.61 Å². The normalized spacial score (nSPS) is 18.5. The molecule has 1 aliphatic carbocycles. The molecule has 1 saturated carbocycles. The van der Waals surface area contributed by atoms with Crippen molar-refractivity contribution in [3.8, 4) is 11.5 Å². The fourth-order valence-electron chi connectivity index (χ4n) is 4.58. The van der Waals surface area contributed by atoms with Crippen LogP contribution in [0.25, 0.3) is 0 Å². The van der Waals surface area contributed by atoms with Crippen molar-refractivity contribution in [1.29, 1.82) is 0 Å². The second-order valence-corrected chi connectivity index (χ2v) is 9.51. The highest BCUT2D eigenvalue weighted by Crippen LogP contribution is 2.38. The minimum Gasteiger partial charge on any atom is -0.492 e. The molecule has 2 aromatic rings. The van der Waals surface area contributed by atoms with Crippen LogP contribution in [0.15, 0.2) is 36.4 Å². The van der Waals surface area contributed by atoms with Crippen LogP contribution in [0, 0.1) is 11.7 Å². The molecule has 0 radical (unpaired) electrons. The predicted octanol–water partition coefficient (Wildman–Crippen LogP) is 9.09. The van der Waals surface area contributed by atoms with Gasteiger partial charge < -0.3 is 9.47 Å². The van der Waals surface area contributed by atoms with E-state index in [9.17, 15) is 4.39 Å². The van der Waals surface area contributed by atoms with Crippen LogP contribution in [0.5, 0.6) is 11.5 Å². The van der Waals surface area contributed by atoms with E-state index < -0.39 is 5.82 Å². The molecular weight excluding hydrogens is 423 g/mol. The van der Waals surface area contributed by atoms with E-state index in [1.165, 1.54) is 56.9 Å².